The third-order valence-electron chi connectivity index (χ3n) is 2.49. The van der Waals surface area contributed by atoms with Gasteiger partial charge in [0.2, 0.25) is 0 Å². The summed E-state index contributed by atoms with van der Waals surface area (Å²) in [4.78, 5) is 0. The Kier molecular flexibility index (Phi) is 6.34. The van der Waals surface area contributed by atoms with Gasteiger partial charge in [0.05, 0.1) is 5.54 Å². The minimum Gasteiger partial charge on any atom is -0.307 e. The number of halogens is 2. The molecule has 0 fully saturated rings. The second kappa shape index (κ2) is 6.41. The van der Waals surface area contributed by atoms with Gasteiger partial charge in [-0.05, 0) is 31.2 Å². The van der Waals surface area contributed by atoms with Gasteiger partial charge in [0.1, 0.15) is 0 Å². The van der Waals surface area contributed by atoms with E-state index in [2.05, 4.69) is 5.32 Å². The SMILES string of the molecule is CCNC(CC(C)C)(CC(C)C)C(F)F. The van der Waals surface area contributed by atoms with Crippen molar-refractivity contribution in [3.05, 3.63) is 0 Å². The molecule has 0 bridgehead atoms. The lowest BCUT2D eigenvalue weighted by Crippen LogP contribution is -2.53. The Morgan fingerprint density at radius 2 is 1.40 bits per heavy atom. The Morgan fingerprint density at radius 1 is 1.00 bits per heavy atom. The van der Waals surface area contributed by atoms with Crippen LogP contribution in [0.2, 0.25) is 0 Å². The topological polar surface area (TPSA) is 12.0 Å². The molecule has 0 saturated carbocycles. The Morgan fingerprint density at radius 3 is 1.60 bits per heavy atom. The average Bonchev–Trinajstić information content (AvgIpc) is 2.01. The van der Waals surface area contributed by atoms with E-state index in [0.29, 0.717) is 19.4 Å². The molecule has 0 aromatic heterocycles. The van der Waals surface area contributed by atoms with Crippen LogP contribution in [0.15, 0.2) is 0 Å². The number of hydrogen-bond donors (Lipinski definition) is 1. The van der Waals surface area contributed by atoms with Crippen molar-refractivity contribution in [1.29, 1.82) is 0 Å². The molecule has 0 unspecified atom stereocenters. The van der Waals surface area contributed by atoms with Crippen molar-refractivity contribution in [2.75, 3.05) is 6.54 Å². The summed E-state index contributed by atoms with van der Waals surface area (Å²) in [5.41, 5.74) is -0.989. The van der Waals surface area contributed by atoms with Gasteiger partial charge in [-0.1, -0.05) is 34.6 Å². The zero-order valence-electron chi connectivity index (χ0n) is 10.6. The number of nitrogens with one attached hydrogen (secondary N) is 1. The summed E-state index contributed by atoms with van der Waals surface area (Å²) >= 11 is 0. The van der Waals surface area contributed by atoms with Crippen molar-refractivity contribution in [3.8, 4) is 0 Å². The first-order valence-corrected chi connectivity index (χ1v) is 5.87. The molecule has 0 aliphatic rings. The highest BCUT2D eigenvalue weighted by atomic mass is 19.3. The molecule has 0 radical (unpaired) electrons. The Bertz CT molecular complexity index is 157. The summed E-state index contributed by atoms with van der Waals surface area (Å²) in [7, 11) is 0. The molecule has 1 nitrogen and oxygen atoms in total. The molecular formula is C12H25F2N. The van der Waals surface area contributed by atoms with Crippen molar-refractivity contribution < 1.29 is 8.78 Å². The van der Waals surface area contributed by atoms with E-state index in [9.17, 15) is 8.78 Å². The summed E-state index contributed by atoms with van der Waals surface area (Å²) in [6.45, 7) is 10.5. The van der Waals surface area contributed by atoms with E-state index in [4.69, 9.17) is 0 Å². The van der Waals surface area contributed by atoms with Crippen molar-refractivity contribution in [2.24, 2.45) is 11.8 Å². The maximum atomic E-state index is 13.2. The zero-order chi connectivity index (χ0) is 12.1. The van der Waals surface area contributed by atoms with Crippen molar-refractivity contribution in [1.82, 2.24) is 5.32 Å². The first-order valence-electron chi connectivity index (χ1n) is 5.87. The van der Waals surface area contributed by atoms with Gasteiger partial charge in [-0.25, -0.2) is 8.78 Å². The molecule has 0 aliphatic heterocycles. The quantitative estimate of drug-likeness (QED) is 0.691. The van der Waals surface area contributed by atoms with Crippen LogP contribution in [0.5, 0.6) is 0 Å². The first-order chi connectivity index (χ1) is 6.84. The maximum absolute atomic E-state index is 13.2. The number of alkyl halides is 2. The highest BCUT2D eigenvalue weighted by Crippen LogP contribution is 2.30. The molecule has 0 rings (SSSR count). The van der Waals surface area contributed by atoms with Gasteiger partial charge >= 0.3 is 0 Å². The Hall–Kier alpha value is -0.180. The van der Waals surface area contributed by atoms with Gasteiger partial charge in [-0.3, -0.25) is 0 Å². The summed E-state index contributed by atoms with van der Waals surface area (Å²) in [5.74, 6) is 0.577. The van der Waals surface area contributed by atoms with E-state index in [1.807, 2.05) is 34.6 Å². The molecule has 15 heavy (non-hydrogen) atoms. The molecule has 0 aromatic carbocycles. The Labute approximate surface area is 92.6 Å². The van der Waals surface area contributed by atoms with Crippen LogP contribution in [0.1, 0.15) is 47.5 Å². The molecule has 0 heterocycles. The van der Waals surface area contributed by atoms with Crippen molar-refractivity contribution in [2.45, 2.75) is 59.4 Å². The zero-order valence-corrected chi connectivity index (χ0v) is 10.6. The summed E-state index contributed by atoms with van der Waals surface area (Å²) < 4.78 is 26.4. The lowest BCUT2D eigenvalue weighted by molar-refractivity contribution is 0.00511. The van der Waals surface area contributed by atoms with Gasteiger partial charge < -0.3 is 5.32 Å². The average molecular weight is 221 g/mol. The molecule has 92 valence electrons. The van der Waals surface area contributed by atoms with Gasteiger partial charge in [0, 0.05) is 0 Å². The number of hydrogen-bond acceptors (Lipinski definition) is 1. The molecule has 0 saturated heterocycles. The largest absolute Gasteiger partial charge is 0.307 e. The fraction of sp³-hybridized carbons (Fsp3) is 1.00. The maximum Gasteiger partial charge on any atom is 0.256 e. The predicted octanol–water partition coefficient (Wildman–Crippen LogP) is 3.69. The Balaban J connectivity index is 4.72. The fourth-order valence-electron chi connectivity index (χ4n) is 2.29. The van der Waals surface area contributed by atoms with Gasteiger partial charge in [-0.15, -0.1) is 0 Å². The van der Waals surface area contributed by atoms with Crippen LogP contribution < -0.4 is 5.32 Å². The molecule has 0 atom stereocenters. The molecule has 0 spiro atoms. The van der Waals surface area contributed by atoms with E-state index in [1.165, 1.54) is 0 Å². The molecule has 0 aliphatic carbocycles. The molecule has 0 aromatic rings. The van der Waals surface area contributed by atoms with Crippen LogP contribution in [-0.4, -0.2) is 18.5 Å². The molecule has 1 N–H and O–H groups in total. The van der Waals surface area contributed by atoms with E-state index in [-0.39, 0.29) is 11.8 Å². The van der Waals surface area contributed by atoms with Crippen molar-refractivity contribution in [3.63, 3.8) is 0 Å². The lowest BCUT2D eigenvalue weighted by Gasteiger charge is -2.37. The highest BCUT2D eigenvalue weighted by Gasteiger charge is 2.39. The van der Waals surface area contributed by atoms with Crippen LogP contribution >= 0.6 is 0 Å². The van der Waals surface area contributed by atoms with E-state index < -0.39 is 12.0 Å². The molecule has 3 heteroatoms. The summed E-state index contributed by atoms with van der Waals surface area (Å²) in [6, 6.07) is 0. The highest BCUT2D eigenvalue weighted by molar-refractivity contribution is 4.92. The van der Waals surface area contributed by atoms with E-state index in [1.54, 1.807) is 0 Å². The minimum absolute atomic E-state index is 0.289. The monoisotopic (exact) mass is 221 g/mol. The standard InChI is InChI=1S/C12H25F2N/c1-6-15-12(11(13)14,7-9(2)3)8-10(4)5/h9-11,15H,6-8H2,1-5H3. The minimum atomic E-state index is -2.29. The molecular weight excluding hydrogens is 196 g/mol. The van der Waals surface area contributed by atoms with E-state index >= 15 is 0 Å². The normalized spacial score (nSPS) is 13.2. The third-order valence-corrected chi connectivity index (χ3v) is 2.49. The second-order valence-electron chi connectivity index (χ2n) is 5.18. The van der Waals surface area contributed by atoms with E-state index in [0.717, 1.165) is 0 Å². The van der Waals surface area contributed by atoms with Gasteiger partial charge in [0.25, 0.3) is 6.43 Å². The van der Waals surface area contributed by atoms with Crippen LogP contribution in [0.4, 0.5) is 8.78 Å². The molecule has 0 amide bonds. The third kappa shape index (κ3) is 4.92. The fourth-order valence-corrected chi connectivity index (χ4v) is 2.29. The van der Waals surface area contributed by atoms with Gasteiger partial charge in [0.15, 0.2) is 0 Å². The van der Waals surface area contributed by atoms with Crippen LogP contribution in [0.3, 0.4) is 0 Å². The van der Waals surface area contributed by atoms with Crippen LogP contribution in [-0.2, 0) is 0 Å². The van der Waals surface area contributed by atoms with Crippen LogP contribution in [0.25, 0.3) is 0 Å². The first kappa shape index (κ1) is 14.8. The van der Waals surface area contributed by atoms with Crippen molar-refractivity contribution >= 4 is 0 Å². The smallest absolute Gasteiger partial charge is 0.256 e. The second-order valence-corrected chi connectivity index (χ2v) is 5.18. The predicted molar refractivity (Wildman–Crippen MR) is 61.3 cm³/mol. The summed E-state index contributed by atoms with van der Waals surface area (Å²) in [5, 5.41) is 3.01. The lowest BCUT2D eigenvalue weighted by atomic mass is 9.82. The number of rotatable bonds is 7. The van der Waals surface area contributed by atoms with Crippen LogP contribution in [0, 0.1) is 11.8 Å². The van der Waals surface area contributed by atoms with Gasteiger partial charge in [-0.2, -0.15) is 0 Å². The summed E-state index contributed by atoms with van der Waals surface area (Å²) in [6.07, 6.45) is -1.21.